The standard InChI is InChI=1S/C28H22N2O4/c1-32-24-15-11-18(17-25(24)33-2)12-16-26(31)29-22-10-6-5-9-21(22)28-30-23-14-13-19-7-3-4-8-20(19)27(23)34-28/h3-17H,1-2H3,(H,29,31). The predicted molar refractivity (Wildman–Crippen MR) is 134 cm³/mol. The van der Waals surface area contributed by atoms with Gasteiger partial charge < -0.3 is 19.2 Å². The van der Waals surface area contributed by atoms with Crippen LogP contribution in [0.5, 0.6) is 11.5 Å². The molecule has 0 bridgehead atoms. The maximum absolute atomic E-state index is 12.7. The lowest BCUT2D eigenvalue weighted by Gasteiger charge is -2.08. The maximum atomic E-state index is 12.7. The van der Waals surface area contributed by atoms with Crippen LogP contribution in [0.1, 0.15) is 5.56 Å². The molecule has 1 heterocycles. The second-order valence-electron chi connectivity index (χ2n) is 7.64. The fourth-order valence-electron chi connectivity index (χ4n) is 3.85. The predicted octanol–water partition coefficient (Wildman–Crippen LogP) is 6.32. The minimum atomic E-state index is -0.274. The van der Waals surface area contributed by atoms with E-state index in [1.54, 1.807) is 32.4 Å². The summed E-state index contributed by atoms with van der Waals surface area (Å²) in [6.45, 7) is 0. The van der Waals surface area contributed by atoms with E-state index < -0.39 is 0 Å². The van der Waals surface area contributed by atoms with Crippen LogP contribution >= 0.6 is 0 Å². The fourth-order valence-corrected chi connectivity index (χ4v) is 3.85. The Morgan fingerprint density at radius 1 is 0.912 bits per heavy atom. The third-order valence-corrected chi connectivity index (χ3v) is 5.53. The summed E-state index contributed by atoms with van der Waals surface area (Å²) in [5, 5.41) is 5.01. The summed E-state index contributed by atoms with van der Waals surface area (Å²) < 4.78 is 16.7. The molecular weight excluding hydrogens is 428 g/mol. The average molecular weight is 450 g/mol. The van der Waals surface area contributed by atoms with Crippen LogP contribution < -0.4 is 14.8 Å². The number of aromatic nitrogens is 1. The van der Waals surface area contributed by atoms with Crippen molar-refractivity contribution in [2.45, 2.75) is 0 Å². The second kappa shape index (κ2) is 9.11. The van der Waals surface area contributed by atoms with Gasteiger partial charge in [0.1, 0.15) is 5.52 Å². The van der Waals surface area contributed by atoms with Gasteiger partial charge in [0.05, 0.1) is 25.5 Å². The molecule has 34 heavy (non-hydrogen) atoms. The quantitative estimate of drug-likeness (QED) is 0.307. The van der Waals surface area contributed by atoms with E-state index in [0.29, 0.717) is 28.6 Å². The molecule has 0 aliphatic heterocycles. The van der Waals surface area contributed by atoms with Crippen molar-refractivity contribution in [3.8, 4) is 23.0 Å². The molecule has 0 saturated carbocycles. The molecule has 0 atom stereocenters. The number of benzene rings is 4. The Labute approximate surface area is 196 Å². The first kappa shape index (κ1) is 21.3. The van der Waals surface area contributed by atoms with Crippen molar-refractivity contribution in [3.05, 3.63) is 90.5 Å². The first-order chi connectivity index (χ1) is 16.7. The molecule has 0 unspecified atom stereocenters. The minimum absolute atomic E-state index is 0.274. The van der Waals surface area contributed by atoms with E-state index >= 15 is 0 Å². The Balaban J connectivity index is 1.42. The number of carbonyl (C=O) groups excluding carboxylic acids is 1. The van der Waals surface area contributed by atoms with Crippen molar-refractivity contribution in [2.75, 3.05) is 19.5 Å². The van der Waals surface area contributed by atoms with Crippen LogP contribution in [0, 0.1) is 0 Å². The number of anilines is 1. The summed E-state index contributed by atoms with van der Waals surface area (Å²) >= 11 is 0. The Morgan fingerprint density at radius 2 is 1.71 bits per heavy atom. The zero-order valence-electron chi connectivity index (χ0n) is 18.7. The number of hydrogen-bond acceptors (Lipinski definition) is 5. The van der Waals surface area contributed by atoms with Gasteiger partial charge in [0.15, 0.2) is 17.1 Å². The lowest BCUT2D eigenvalue weighted by Crippen LogP contribution is -2.08. The van der Waals surface area contributed by atoms with Crippen LogP contribution in [0.25, 0.3) is 39.4 Å². The fraction of sp³-hybridized carbons (Fsp3) is 0.0714. The Bertz CT molecular complexity index is 1530. The number of nitrogens with one attached hydrogen (secondary N) is 1. The number of rotatable bonds is 6. The molecule has 0 aliphatic carbocycles. The lowest BCUT2D eigenvalue weighted by molar-refractivity contribution is -0.111. The number of para-hydroxylation sites is 1. The van der Waals surface area contributed by atoms with Crippen molar-refractivity contribution in [3.63, 3.8) is 0 Å². The molecule has 0 radical (unpaired) electrons. The van der Waals surface area contributed by atoms with Crippen LogP contribution in [0.15, 0.2) is 89.4 Å². The number of carbonyl (C=O) groups is 1. The maximum Gasteiger partial charge on any atom is 0.248 e. The second-order valence-corrected chi connectivity index (χ2v) is 7.64. The van der Waals surface area contributed by atoms with Gasteiger partial charge in [-0.25, -0.2) is 4.98 Å². The molecule has 6 heteroatoms. The topological polar surface area (TPSA) is 73.6 Å². The van der Waals surface area contributed by atoms with Gasteiger partial charge in [-0.1, -0.05) is 48.5 Å². The van der Waals surface area contributed by atoms with Crippen molar-refractivity contribution >= 4 is 39.5 Å². The Kier molecular flexibility index (Phi) is 5.70. The van der Waals surface area contributed by atoms with Gasteiger partial charge in [-0.05, 0) is 47.4 Å². The van der Waals surface area contributed by atoms with Crippen molar-refractivity contribution in [2.24, 2.45) is 0 Å². The molecule has 4 aromatic carbocycles. The molecular formula is C28H22N2O4. The molecule has 0 saturated heterocycles. The number of hydrogen-bond donors (Lipinski definition) is 1. The molecule has 6 nitrogen and oxygen atoms in total. The van der Waals surface area contributed by atoms with E-state index in [9.17, 15) is 4.79 Å². The van der Waals surface area contributed by atoms with Gasteiger partial charge in [0.2, 0.25) is 11.8 Å². The number of fused-ring (bicyclic) bond motifs is 3. The van der Waals surface area contributed by atoms with E-state index in [2.05, 4.69) is 10.3 Å². The van der Waals surface area contributed by atoms with Crippen LogP contribution in [0.4, 0.5) is 5.69 Å². The van der Waals surface area contributed by atoms with E-state index in [-0.39, 0.29) is 5.91 Å². The molecule has 0 fully saturated rings. The van der Waals surface area contributed by atoms with Gasteiger partial charge in [0.25, 0.3) is 0 Å². The highest BCUT2D eigenvalue weighted by atomic mass is 16.5. The van der Waals surface area contributed by atoms with Gasteiger partial charge in [-0.2, -0.15) is 0 Å². The largest absolute Gasteiger partial charge is 0.493 e. The van der Waals surface area contributed by atoms with Crippen LogP contribution in [0.3, 0.4) is 0 Å². The monoisotopic (exact) mass is 450 g/mol. The molecule has 5 rings (SSSR count). The zero-order valence-corrected chi connectivity index (χ0v) is 18.7. The first-order valence-corrected chi connectivity index (χ1v) is 10.7. The SMILES string of the molecule is COc1ccc(C=CC(=O)Nc2ccccc2-c2nc3ccc4ccccc4c3o2)cc1OC. The van der Waals surface area contributed by atoms with E-state index in [4.69, 9.17) is 13.9 Å². The molecule has 168 valence electrons. The number of ether oxygens (including phenoxy) is 2. The minimum Gasteiger partial charge on any atom is -0.493 e. The summed E-state index contributed by atoms with van der Waals surface area (Å²) in [6.07, 6.45) is 3.18. The van der Waals surface area contributed by atoms with Crippen molar-refractivity contribution < 1.29 is 18.7 Å². The Hall–Kier alpha value is -4.58. The normalized spacial score (nSPS) is 11.2. The third kappa shape index (κ3) is 4.09. The van der Waals surface area contributed by atoms with Gasteiger partial charge in [-0.3, -0.25) is 4.79 Å². The van der Waals surface area contributed by atoms with Crippen LogP contribution in [0.2, 0.25) is 0 Å². The average Bonchev–Trinajstić information content (AvgIpc) is 3.32. The van der Waals surface area contributed by atoms with Crippen molar-refractivity contribution in [1.29, 1.82) is 0 Å². The summed E-state index contributed by atoms with van der Waals surface area (Å²) in [6, 6.07) is 24.9. The smallest absolute Gasteiger partial charge is 0.248 e. The number of nitrogens with zero attached hydrogens (tertiary/aromatic N) is 1. The molecule has 0 aliphatic rings. The lowest BCUT2D eigenvalue weighted by atomic mass is 10.1. The molecule has 1 amide bonds. The highest BCUT2D eigenvalue weighted by Crippen LogP contribution is 2.33. The highest BCUT2D eigenvalue weighted by Gasteiger charge is 2.15. The first-order valence-electron chi connectivity index (χ1n) is 10.7. The molecule has 5 aromatic rings. The molecule has 1 aromatic heterocycles. The van der Waals surface area contributed by atoms with Crippen LogP contribution in [-0.2, 0) is 4.79 Å². The van der Waals surface area contributed by atoms with Crippen molar-refractivity contribution in [1.82, 2.24) is 4.98 Å². The van der Waals surface area contributed by atoms with E-state index in [1.165, 1.54) is 6.08 Å². The van der Waals surface area contributed by atoms with Gasteiger partial charge >= 0.3 is 0 Å². The van der Waals surface area contributed by atoms with Gasteiger partial charge in [0, 0.05) is 11.5 Å². The van der Waals surface area contributed by atoms with Gasteiger partial charge in [-0.15, -0.1) is 0 Å². The number of oxazole rings is 1. The summed E-state index contributed by atoms with van der Waals surface area (Å²) in [7, 11) is 3.15. The zero-order chi connectivity index (χ0) is 23.5. The highest BCUT2D eigenvalue weighted by molar-refractivity contribution is 6.05. The number of methoxy groups -OCH3 is 2. The third-order valence-electron chi connectivity index (χ3n) is 5.53. The summed E-state index contributed by atoms with van der Waals surface area (Å²) in [5.74, 6) is 1.40. The summed E-state index contributed by atoms with van der Waals surface area (Å²) in [5.41, 5.74) is 3.62. The Morgan fingerprint density at radius 3 is 2.56 bits per heavy atom. The van der Waals surface area contributed by atoms with Crippen LogP contribution in [-0.4, -0.2) is 25.1 Å². The van der Waals surface area contributed by atoms with E-state index in [1.807, 2.05) is 66.7 Å². The summed E-state index contributed by atoms with van der Waals surface area (Å²) in [4.78, 5) is 17.4. The van der Waals surface area contributed by atoms with E-state index in [0.717, 1.165) is 27.4 Å². The molecule has 1 N–H and O–H groups in total. The number of amides is 1. The molecule has 0 spiro atoms.